The van der Waals surface area contributed by atoms with Gasteiger partial charge in [-0.25, -0.2) is 4.79 Å². The van der Waals surface area contributed by atoms with Gasteiger partial charge in [0.1, 0.15) is 5.69 Å². The van der Waals surface area contributed by atoms with Gasteiger partial charge in [-0.2, -0.15) is 0 Å². The summed E-state index contributed by atoms with van der Waals surface area (Å²) in [7, 11) is 0. The standard InChI is InChI=1S/C5H4BrNO2/c6-4-2-1-3(7-4)5(8)9/h1-2,7H,(H,8,9). The zero-order chi connectivity index (χ0) is 6.85. The number of aromatic nitrogens is 1. The minimum atomic E-state index is -0.944. The Labute approximate surface area is 59.8 Å². The molecule has 9 heavy (non-hydrogen) atoms. The van der Waals surface area contributed by atoms with Crippen LogP contribution in [0, 0.1) is 0 Å². The SMILES string of the molecule is O=C(O)c1ccc(Br)[nH]1. The molecule has 0 aromatic carbocycles. The van der Waals surface area contributed by atoms with Crippen LogP contribution in [-0.2, 0) is 0 Å². The summed E-state index contributed by atoms with van der Waals surface area (Å²) in [5, 5.41) is 8.35. The molecule has 0 amide bonds. The van der Waals surface area contributed by atoms with Crippen LogP contribution in [0.15, 0.2) is 16.7 Å². The molecule has 0 bridgehead atoms. The lowest BCUT2D eigenvalue weighted by Crippen LogP contribution is -1.94. The Bertz CT molecular complexity index is 231. The quantitative estimate of drug-likeness (QED) is 0.704. The van der Waals surface area contributed by atoms with E-state index in [1.807, 2.05) is 0 Å². The van der Waals surface area contributed by atoms with Gasteiger partial charge in [-0.1, -0.05) is 0 Å². The third-order valence-electron chi connectivity index (χ3n) is 0.881. The number of carboxylic acids is 1. The first-order valence-electron chi connectivity index (χ1n) is 2.28. The zero-order valence-corrected chi connectivity index (χ0v) is 5.97. The highest BCUT2D eigenvalue weighted by atomic mass is 79.9. The molecule has 3 nitrogen and oxygen atoms in total. The molecule has 0 atom stereocenters. The lowest BCUT2D eigenvalue weighted by Gasteiger charge is -1.82. The Morgan fingerprint density at radius 1 is 1.67 bits per heavy atom. The summed E-state index contributed by atoms with van der Waals surface area (Å²) in [5.74, 6) is -0.944. The topological polar surface area (TPSA) is 53.1 Å². The van der Waals surface area contributed by atoms with Crippen molar-refractivity contribution in [1.82, 2.24) is 4.98 Å². The second-order valence-electron chi connectivity index (χ2n) is 1.53. The fourth-order valence-electron chi connectivity index (χ4n) is 0.493. The van der Waals surface area contributed by atoms with Crippen LogP contribution in [0.25, 0.3) is 0 Å². The van der Waals surface area contributed by atoms with Crippen molar-refractivity contribution in [3.05, 3.63) is 22.4 Å². The maximum absolute atomic E-state index is 10.2. The van der Waals surface area contributed by atoms with Gasteiger partial charge in [-0.3, -0.25) is 0 Å². The Morgan fingerprint density at radius 3 is 2.56 bits per heavy atom. The van der Waals surface area contributed by atoms with Crippen molar-refractivity contribution >= 4 is 21.9 Å². The molecular formula is C5H4BrNO2. The monoisotopic (exact) mass is 189 g/mol. The summed E-state index contributed by atoms with van der Waals surface area (Å²) >= 11 is 3.08. The minimum absolute atomic E-state index is 0.196. The van der Waals surface area contributed by atoms with E-state index in [9.17, 15) is 4.79 Å². The normalized spacial score (nSPS) is 9.44. The number of rotatable bonds is 1. The molecule has 4 heteroatoms. The van der Waals surface area contributed by atoms with Crippen LogP contribution in [0.5, 0.6) is 0 Å². The third-order valence-corrected chi connectivity index (χ3v) is 1.34. The van der Waals surface area contributed by atoms with Crippen LogP contribution in [0.2, 0.25) is 0 Å². The fraction of sp³-hybridized carbons (Fsp3) is 0. The van der Waals surface area contributed by atoms with E-state index in [-0.39, 0.29) is 5.69 Å². The van der Waals surface area contributed by atoms with Gasteiger partial charge in [-0.05, 0) is 28.1 Å². The van der Waals surface area contributed by atoms with E-state index in [1.165, 1.54) is 6.07 Å². The number of hydrogen-bond donors (Lipinski definition) is 2. The molecular weight excluding hydrogens is 186 g/mol. The molecule has 2 N–H and O–H groups in total. The molecule has 1 rings (SSSR count). The molecule has 0 fully saturated rings. The zero-order valence-electron chi connectivity index (χ0n) is 4.39. The number of nitrogens with one attached hydrogen (secondary N) is 1. The summed E-state index contributed by atoms with van der Waals surface area (Å²) in [5.41, 5.74) is 0.196. The molecule has 0 radical (unpaired) electrons. The van der Waals surface area contributed by atoms with Crippen LogP contribution in [0.4, 0.5) is 0 Å². The number of hydrogen-bond acceptors (Lipinski definition) is 1. The summed E-state index contributed by atoms with van der Waals surface area (Å²) in [4.78, 5) is 12.8. The van der Waals surface area contributed by atoms with Crippen molar-refractivity contribution in [2.75, 3.05) is 0 Å². The van der Waals surface area contributed by atoms with Crippen molar-refractivity contribution in [3.8, 4) is 0 Å². The van der Waals surface area contributed by atoms with Crippen LogP contribution in [0.1, 0.15) is 10.5 Å². The number of carbonyl (C=O) groups is 1. The van der Waals surface area contributed by atoms with Gasteiger partial charge < -0.3 is 10.1 Å². The first-order valence-corrected chi connectivity index (χ1v) is 3.07. The molecule has 0 aliphatic heterocycles. The van der Waals surface area contributed by atoms with Gasteiger partial charge in [0, 0.05) is 0 Å². The lowest BCUT2D eigenvalue weighted by atomic mass is 10.4. The largest absolute Gasteiger partial charge is 0.477 e. The van der Waals surface area contributed by atoms with E-state index in [0.29, 0.717) is 4.60 Å². The van der Waals surface area contributed by atoms with E-state index in [1.54, 1.807) is 6.07 Å². The maximum atomic E-state index is 10.2. The Balaban J connectivity index is 2.98. The van der Waals surface area contributed by atoms with Gasteiger partial charge in [-0.15, -0.1) is 0 Å². The fourth-order valence-corrected chi connectivity index (χ4v) is 0.839. The predicted molar refractivity (Wildman–Crippen MR) is 35.5 cm³/mol. The van der Waals surface area contributed by atoms with Crippen LogP contribution in [-0.4, -0.2) is 16.1 Å². The lowest BCUT2D eigenvalue weighted by molar-refractivity contribution is 0.0691. The predicted octanol–water partition coefficient (Wildman–Crippen LogP) is 1.48. The Kier molecular flexibility index (Phi) is 1.57. The third kappa shape index (κ3) is 1.32. The highest BCUT2D eigenvalue weighted by molar-refractivity contribution is 9.10. The highest BCUT2D eigenvalue weighted by Crippen LogP contribution is 2.07. The average Bonchev–Trinajstić information content (AvgIpc) is 2.14. The van der Waals surface area contributed by atoms with E-state index in [2.05, 4.69) is 20.9 Å². The first-order chi connectivity index (χ1) is 4.20. The molecule has 0 saturated carbocycles. The van der Waals surface area contributed by atoms with Crippen molar-refractivity contribution < 1.29 is 9.90 Å². The molecule has 1 heterocycles. The average molecular weight is 190 g/mol. The summed E-state index contributed by atoms with van der Waals surface area (Å²) in [6, 6.07) is 3.13. The van der Waals surface area contributed by atoms with E-state index < -0.39 is 5.97 Å². The van der Waals surface area contributed by atoms with E-state index in [4.69, 9.17) is 5.11 Å². The number of aromatic amines is 1. The molecule has 0 saturated heterocycles. The summed E-state index contributed by atoms with van der Waals surface area (Å²) in [6.07, 6.45) is 0. The number of carboxylic acid groups (broad SMARTS) is 1. The Morgan fingerprint density at radius 2 is 2.33 bits per heavy atom. The van der Waals surface area contributed by atoms with Gasteiger partial charge in [0.2, 0.25) is 0 Å². The van der Waals surface area contributed by atoms with Crippen LogP contribution in [0.3, 0.4) is 0 Å². The second kappa shape index (κ2) is 2.23. The van der Waals surface area contributed by atoms with Gasteiger partial charge >= 0.3 is 5.97 Å². The van der Waals surface area contributed by atoms with Gasteiger partial charge in [0.15, 0.2) is 0 Å². The number of aromatic carboxylic acids is 1. The molecule has 0 unspecified atom stereocenters. The van der Waals surface area contributed by atoms with Crippen molar-refractivity contribution in [3.63, 3.8) is 0 Å². The Hall–Kier alpha value is -0.770. The highest BCUT2D eigenvalue weighted by Gasteiger charge is 2.02. The number of halogens is 1. The van der Waals surface area contributed by atoms with E-state index >= 15 is 0 Å². The summed E-state index contributed by atoms with van der Waals surface area (Å²) in [6.45, 7) is 0. The molecule has 0 aliphatic carbocycles. The van der Waals surface area contributed by atoms with Crippen molar-refractivity contribution in [2.24, 2.45) is 0 Å². The molecule has 0 spiro atoms. The smallest absolute Gasteiger partial charge is 0.352 e. The van der Waals surface area contributed by atoms with Gasteiger partial charge in [0.05, 0.1) is 4.60 Å². The van der Waals surface area contributed by atoms with Crippen LogP contribution < -0.4 is 0 Å². The molecule has 1 aromatic heterocycles. The molecule has 0 aliphatic rings. The second-order valence-corrected chi connectivity index (χ2v) is 2.38. The van der Waals surface area contributed by atoms with Crippen LogP contribution >= 0.6 is 15.9 Å². The van der Waals surface area contributed by atoms with Crippen molar-refractivity contribution in [1.29, 1.82) is 0 Å². The molecule has 48 valence electrons. The van der Waals surface area contributed by atoms with Crippen molar-refractivity contribution in [2.45, 2.75) is 0 Å². The first kappa shape index (κ1) is 6.35. The molecule has 1 aromatic rings. The van der Waals surface area contributed by atoms with Gasteiger partial charge in [0.25, 0.3) is 0 Å². The summed E-state index contributed by atoms with van der Waals surface area (Å²) < 4.78 is 0.680. The minimum Gasteiger partial charge on any atom is -0.477 e. The van der Waals surface area contributed by atoms with E-state index in [0.717, 1.165) is 0 Å². The number of H-pyrrole nitrogens is 1. The maximum Gasteiger partial charge on any atom is 0.352 e.